The standard InChI is InChI=1S/C17H26N2O4.ClH/c1-3-22-15-4-5-16-13(11-15)10-14(12-23-16)17(20)19-7-6-18-8-9-21-2;/h4-5,11,14,18H,3,6-10,12H2,1-2H3,(H,19,20);1H. The largest absolute Gasteiger partial charge is 0.494 e. The molecule has 0 spiro atoms. The van der Waals surface area contributed by atoms with E-state index >= 15 is 0 Å². The number of hydrogen-bond donors (Lipinski definition) is 2. The molecule has 1 aromatic carbocycles. The van der Waals surface area contributed by atoms with E-state index < -0.39 is 0 Å². The van der Waals surface area contributed by atoms with E-state index in [2.05, 4.69) is 10.6 Å². The second-order valence-electron chi connectivity index (χ2n) is 5.45. The van der Waals surface area contributed by atoms with Crippen LogP contribution in [0.4, 0.5) is 0 Å². The number of hydrogen-bond acceptors (Lipinski definition) is 5. The van der Waals surface area contributed by atoms with Gasteiger partial charge in [0.2, 0.25) is 5.91 Å². The molecule has 136 valence electrons. The zero-order valence-corrected chi connectivity index (χ0v) is 15.1. The van der Waals surface area contributed by atoms with Crippen molar-refractivity contribution in [3.05, 3.63) is 23.8 Å². The van der Waals surface area contributed by atoms with Gasteiger partial charge in [-0.05, 0) is 37.1 Å². The van der Waals surface area contributed by atoms with Gasteiger partial charge in [-0.3, -0.25) is 4.79 Å². The number of fused-ring (bicyclic) bond motifs is 1. The number of ether oxygens (including phenoxy) is 3. The van der Waals surface area contributed by atoms with Crippen LogP contribution in [0.2, 0.25) is 0 Å². The lowest BCUT2D eigenvalue weighted by molar-refractivity contribution is -0.126. The monoisotopic (exact) mass is 358 g/mol. The molecule has 1 unspecified atom stereocenters. The van der Waals surface area contributed by atoms with Crippen LogP contribution in [-0.4, -0.2) is 52.5 Å². The zero-order chi connectivity index (χ0) is 16.5. The molecule has 0 fully saturated rings. The number of carbonyl (C=O) groups excluding carboxylic acids is 1. The molecule has 0 saturated heterocycles. The van der Waals surface area contributed by atoms with Crippen LogP contribution in [0.15, 0.2) is 18.2 Å². The number of halogens is 1. The Balaban J connectivity index is 0.00000288. The van der Waals surface area contributed by atoms with Crippen molar-refractivity contribution >= 4 is 18.3 Å². The molecule has 2 rings (SSSR count). The van der Waals surface area contributed by atoms with E-state index in [1.165, 1.54) is 0 Å². The van der Waals surface area contributed by atoms with E-state index in [1.54, 1.807) is 7.11 Å². The molecule has 1 aliphatic heterocycles. The average molecular weight is 359 g/mol. The van der Waals surface area contributed by atoms with Crippen molar-refractivity contribution in [1.82, 2.24) is 10.6 Å². The van der Waals surface area contributed by atoms with Gasteiger partial charge in [0.25, 0.3) is 0 Å². The van der Waals surface area contributed by atoms with Gasteiger partial charge in [0.15, 0.2) is 0 Å². The lowest BCUT2D eigenvalue weighted by Gasteiger charge is -2.25. The molecule has 1 aliphatic rings. The number of amides is 1. The van der Waals surface area contributed by atoms with Crippen LogP contribution >= 0.6 is 12.4 Å². The highest BCUT2D eigenvalue weighted by molar-refractivity contribution is 5.85. The Morgan fingerprint density at radius 1 is 1.33 bits per heavy atom. The summed E-state index contributed by atoms with van der Waals surface area (Å²) in [4.78, 5) is 12.2. The van der Waals surface area contributed by atoms with E-state index in [1.807, 2.05) is 25.1 Å². The summed E-state index contributed by atoms with van der Waals surface area (Å²) in [7, 11) is 1.67. The van der Waals surface area contributed by atoms with E-state index in [0.29, 0.717) is 32.8 Å². The van der Waals surface area contributed by atoms with Crippen molar-refractivity contribution in [3.8, 4) is 11.5 Å². The van der Waals surface area contributed by atoms with Crippen LogP contribution in [0.3, 0.4) is 0 Å². The molecule has 2 N–H and O–H groups in total. The Morgan fingerprint density at radius 2 is 2.17 bits per heavy atom. The Kier molecular flexibility index (Phi) is 9.52. The first-order chi connectivity index (χ1) is 11.2. The minimum Gasteiger partial charge on any atom is -0.494 e. The first-order valence-electron chi connectivity index (χ1n) is 8.10. The minimum atomic E-state index is -0.154. The number of nitrogens with one attached hydrogen (secondary N) is 2. The van der Waals surface area contributed by atoms with Gasteiger partial charge in [-0.15, -0.1) is 12.4 Å². The van der Waals surface area contributed by atoms with Gasteiger partial charge in [0.1, 0.15) is 18.1 Å². The molecule has 7 heteroatoms. The highest BCUT2D eigenvalue weighted by Crippen LogP contribution is 2.30. The van der Waals surface area contributed by atoms with Crippen LogP contribution in [0.1, 0.15) is 12.5 Å². The van der Waals surface area contributed by atoms with Crippen LogP contribution < -0.4 is 20.1 Å². The van der Waals surface area contributed by atoms with Crippen molar-refractivity contribution in [3.63, 3.8) is 0 Å². The highest BCUT2D eigenvalue weighted by atomic mass is 35.5. The Labute approximate surface area is 149 Å². The van der Waals surface area contributed by atoms with Crippen LogP contribution in [0.5, 0.6) is 11.5 Å². The third kappa shape index (κ3) is 6.19. The smallest absolute Gasteiger partial charge is 0.226 e. The Bertz CT molecular complexity index is 513. The molecule has 1 heterocycles. The van der Waals surface area contributed by atoms with Crippen LogP contribution in [0, 0.1) is 5.92 Å². The summed E-state index contributed by atoms with van der Waals surface area (Å²) in [6.07, 6.45) is 0.680. The second kappa shape index (κ2) is 11.1. The van der Waals surface area contributed by atoms with Crippen molar-refractivity contribution < 1.29 is 19.0 Å². The fourth-order valence-corrected chi connectivity index (χ4v) is 2.51. The van der Waals surface area contributed by atoms with Gasteiger partial charge in [-0.2, -0.15) is 0 Å². The lowest BCUT2D eigenvalue weighted by atomic mass is 9.96. The van der Waals surface area contributed by atoms with Gasteiger partial charge in [0.05, 0.1) is 19.1 Å². The highest BCUT2D eigenvalue weighted by Gasteiger charge is 2.26. The first-order valence-corrected chi connectivity index (χ1v) is 8.10. The summed E-state index contributed by atoms with van der Waals surface area (Å²) in [6, 6.07) is 5.77. The molecular weight excluding hydrogens is 332 g/mol. The molecule has 0 aliphatic carbocycles. The van der Waals surface area contributed by atoms with Crippen molar-refractivity contribution in [2.45, 2.75) is 13.3 Å². The Hall–Kier alpha value is -1.50. The third-order valence-corrected chi connectivity index (χ3v) is 3.70. The summed E-state index contributed by atoms with van der Waals surface area (Å²) < 4.78 is 16.2. The fraction of sp³-hybridized carbons (Fsp3) is 0.588. The maximum absolute atomic E-state index is 12.2. The summed E-state index contributed by atoms with van der Waals surface area (Å²) in [5.74, 6) is 1.54. The molecule has 1 aromatic rings. The third-order valence-electron chi connectivity index (χ3n) is 3.70. The predicted molar refractivity (Wildman–Crippen MR) is 95.3 cm³/mol. The van der Waals surface area contributed by atoms with Crippen molar-refractivity contribution in [2.24, 2.45) is 5.92 Å². The summed E-state index contributed by atoms with van der Waals surface area (Å²) in [5.41, 5.74) is 1.03. The maximum Gasteiger partial charge on any atom is 0.226 e. The van der Waals surface area contributed by atoms with E-state index in [0.717, 1.165) is 30.2 Å². The molecule has 6 nitrogen and oxygen atoms in total. The summed E-state index contributed by atoms with van der Waals surface area (Å²) in [6.45, 7) is 5.78. The molecule has 1 atom stereocenters. The van der Waals surface area contributed by atoms with Gasteiger partial charge in [-0.1, -0.05) is 0 Å². The number of methoxy groups -OCH3 is 1. The summed E-state index contributed by atoms with van der Waals surface area (Å²) >= 11 is 0. The number of carbonyl (C=O) groups is 1. The van der Waals surface area contributed by atoms with Gasteiger partial charge >= 0.3 is 0 Å². The molecule has 0 bridgehead atoms. The maximum atomic E-state index is 12.2. The quantitative estimate of drug-likeness (QED) is 0.653. The van der Waals surface area contributed by atoms with Gasteiger partial charge < -0.3 is 24.8 Å². The van der Waals surface area contributed by atoms with Crippen LogP contribution in [0.25, 0.3) is 0 Å². The SMILES string of the molecule is CCOc1ccc2c(c1)CC(C(=O)NCCNCCOC)CO2.Cl. The Morgan fingerprint density at radius 3 is 2.92 bits per heavy atom. The molecule has 24 heavy (non-hydrogen) atoms. The van der Waals surface area contributed by atoms with E-state index in [-0.39, 0.29) is 24.2 Å². The van der Waals surface area contributed by atoms with Gasteiger partial charge in [-0.25, -0.2) is 0 Å². The second-order valence-corrected chi connectivity index (χ2v) is 5.45. The van der Waals surface area contributed by atoms with E-state index in [4.69, 9.17) is 14.2 Å². The van der Waals surface area contributed by atoms with E-state index in [9.17, 15) is 4.79 Å². The molecular formula is C17H27ClN2O4. The minimum absolute atomic E-state index is 0. The normalized spacial score (nSPS) is 15.7. The van der Waals surface area contributed by atoms with Crippen LogP contribution in [-0.2, 0) is 16.0 Å². The van der Waals surface area contributed by atoms with Gasteiger partial charge in [0, 0.05) is 26.7 Å². The molecule has 1 amide bonds. The number of benzene rings is 1. The van der Waals surface area contributed by atoms with Crippen molar-refractivity contribution in [1.29, 1.82) is 0 Å². The summed E-state index contributed by atoms with van der Waals surface area (Å²) in [5, 5.41) is 6.14. The molecule has 0 saturated carbocycles. The molecule has 0 aromatic heterocycles. The first kappa shape index (κ1) is 20.5. The van der Waals surface area contributed by atoms with Crippen molar-refractivity contribution in [2.75, 3.05) is 46.6 Å². The predicted octanol–water partition coefficient (Wildman–Crippen LogP) is 1.41. The molecule has 0 radical (unpaired) electrons. The zero-order valence-electron chi connectivity index (χ0n) is 14.3. The fourth-order valence-electron chi connectivity index (χ4n) is 2.51. The number of rotatable bonds is 9. The topological polar surface area (TPSA) is 68.8 Å². The lowest BCUT2D eigenvalue weighted by Crippen LogP contribution is -2.40. The average Bonchev–Trinajstić information content (AvgIpc) is 2.57.